The molecule has 0 radical (unpaired) electrons. The highest BCUT2D eigenvalue weighted by atomic mass is 17.0. The second kappa shape index (κ2) is 7.85. The van der Waals surface area contributed by atoms with E-state index >= 15 is 0 Å². The summed E-state index contributed by atoms with van der Waals surface area (Å²) >= 11 is 0. The smallest absolute Gasteiger partial charge is 0.294 e. The molecule has 2 aromatic heterocycles. The van der Waals surface area contributed by atoms with Crippen molar-refractivity contribution in [3.05, 3.63) is 42.6 Å². The zero-order valence-corrected chi connectivity index (χ0v) is 12.4. The Hall–Kier alpha value is -3.25. The quantitative estimate of drug-likeness (QED) is 0.351. The summed E-state index contributed by atoms with van der Waals surface area (Å²) in [5.41, 5.74) is 0.393. The van der Waals surface area contributed by atoms with E-state index in [9.17, 15) is 25.0 Å². The van der Waals surface area contributed by atoms with Crippen molar-refractivity contribution >= 4 is 11.0 Å². The molecule has 0 aliphatic heterocycles. The molecule has 24 heavy (non-hydrogen) atoms. The summed E-state index contributed by atoms with van der Waals surface area (Å²) in [4.78, 5) is 47.1. The first-order valence-electron chi connectivity index (χ1n) is 6.96. The Bertz CT molecular complexity index is 785. The average molecular weight is 342 g/mol. The van der Waals surface area contributed by atoms with E-state index in [2.05, 4.69) is 24.7 Å². The van der Waals surface area contributed by atoms with Gasteiger partial charge in [-0.2, -0.15) is 5.10 Å². The third kappa shape index (κ3) is 4.37. The van der Waals surface area contributed by atoms with E-state index in [0.717, 1.165) is 0 Å². The van der Waals surface area contributed by atoms with Crippen molar-refractivity contribution in [3.63, 3.8) is 0 Å². The van der Waals surface area contributed by atoms with Gasteiger partial charge in [0.1, 0.15) is 5.39 Å². The maximum atomic E-state index is 12.0. The lowest BCUT2D eigenvalue weighted by molar-refractivity contribution is -0.757. The number of hydrogen-bond donors (Lipinski definition) is 1. The lowest BCUT2D eigenvalue weighted by Crippen LogP contribution is -2.09. The van der Waals surface area contributed by atoms with Gasteiger partial charge in [0.15, 0.2) is 5.65 Å². The summed E-state index contributed by atoms with van der Waals surface area (Å²) in [5.74, 6) is 0. The normalized spacial score (nSPS) is 10.7. The van der Waals surface area contributed by atoms with Crippen LogP contribution in [0.1, 0.15) is 18.5 Å². The molecule has 0 atom stereocenters. The third-order valence-corrected chi connectivity index (χ3v) is 3.07. The van der Waals surface area contributed by atoms with Crippen LogP contribution in [0, 0.1) is 20.2 Å². The van der Waals surface area contributed by atoms with E-state index in [1.165, 1.54) is 11.0 Å². The van der Waals surface area contributed by atoms with Gasteiger partial charge in [-0.3, -0.25) is 4.79 Å². The van der Waals surface area contributed by atoms with Crippen LogP contribution in [0.25, 0.3) is 11.0 Å². The van der Waals surface area contributed by atoms with Crippen molar-refractivity contribution in [2.45, 2.75) is 25.8 Å². The molecular weight excluding hydrogens is 328 g/mol. The fraction of sp³-hybridized carbons (Fsp3) is 0.545. The van der Waals surface area contributed by atoms with Gasteiger partial charge in [0.05, 0.1) is 25.2 Å². The molecule has 0 amide bonds. The highest BCUT2D eigenvalue weighted by molar-refractivity contribution is 5.76. The summed E-state index contributed by atoms with van der Waals surface area (Å²) < 4.78 is 1.46. The monoisotopic (exact) mass is 342 g/mol. The fourth-order valence-corrected chi connectivity index (χ4v) is 2.15. The standard InChI is InChI=1S/C11H14N6O7/c18-11-9-8(3-1-5-23-16(19)20)14-15(10(9)12-7-13-11)4-2-6-24-17(21)22/h7H,1-6H2,(H,12,13,18). The molecule has 0 aromatic carbocycles. The maximum absolute atomic E-state index is 12.0. The first kappa shape index (κ1) is 17.1. The van der Waals surface area contributed by atoms with Gasteiger partial charge in [0.2, 0.25) is 0 Å². The molecule has 0 aliphatic rings. The van der Waals surface area contributed by atoms with Gasteiger partial charge in [-0.25, -0.2) is 9.67 Å². The van der Waals surface area contributed by atoms with E-state index < -0.39 is 10.2 Å². The summed E-state index contributed by atoms with van der Waals surface area (Å²) in [7, 11) is 0. The zero-order chi connectivity index (χ0) is 17.5. The van der Waals surface area contributed by atoms with Crippen molar-refractivity contribution in [3.8, 4) is 0 Å². The maximum Gasteiger partial charge on any atom is 0.294 e. The number of nitrogens with zero attached hydrogens (tertiary/aromatic N) is 5. The minimum Gasteiger partial charge on any atom is -0.314 e. The first-order valence-corrected chi connectivity index (χ1v) is 6.96. The van der Waals surface area contributed by atoms with Crippen LogP contribution in [0.2, 0.25) is 0 Å². The van der Waals surface area contributed by atoms with Gasteiger partial charge < -0.3 is 14.7 Å². The molecular formula is C11H14N6O7. The van der Waals surface area contributed by atoms with Gasteiger partial charge >= 0.3 is 0 Å². The molecule has 0 unspecified atom stereocenters. The minimum absolute atomic E-state index is 0.108. The number of nitrogens with one attached hydrogen (secondary N) is 1. The van der Waals surface area contributed by atoms with Crippen LogP contribution in [0.3, 0.4) is 0 Å². The van der Waals surface area contributed by atoms with Crippen LogP contribution >= 0.6 is 0 Å². The molecule has 2 heterocycles. The number of aromatic amines is 1. The van der Waals surface area contributed by atoms with Crippen molar-refractivity contribution < 1.29 is 19.8 Å². The number of H-pyrrole nitrogens is 1. The number of fused-ring (bicyclic) bond motifs is 1. The SMILES string of the molecule is O=c1[nH]cnc2c1c(CCCO[N+](=O)[O-])nn2CCCO[N+](=O)[O-]. The van der Waals surface area contributed by atoms with E-state index in [-0.39, 0.29) is 37.1 Å². The Morgan fingerprint density at radius 1 is 1.17 bits per heavy atom. The van der Waals surface area contributed by atoms with Crippen molar-refractivity contribution in [2.24, 2.45) is 0 Å². The Morgan fingerprint density at radius 2 is 1.83 bits per heavy atom. The van der Waals surface area contributed by atoms with Gasteiger partial charge in [-0.05, 0) is 19.3 Å². The van der Waals surface area contributed by atoms with Gasteiger partial charge in [-0.15, -0.1) is 20.2 Å². The largest absolute Gasteiger partial charge is 0.314 e. The van der Waals surface area contributed by atoms with Gasteiger partial charge in [0.25, 0.3) is 15.7 Å². The van der Waals surface area contributed by atoms with Crippen molar-refractivity contribution in [1.29, 1.82) is 0 Å². The molecule has 2 aromatic rings. The summed E-state index contributed by atoms with van der Waals surface area (Å²) in [6.45, 7) is 0.0476. The lowest BCUT2D eigenvalue weighted by atomic mass is 10.2. The predicted octanol–water partition coefficient (Wildman–Crippen LogP) is -0.141. The molecule has 2 rings (SSSR count). The lowest BCUT2D eigenvalue weighted by Gasteiger charge is -2.01. The molecule has 0 aliphatic carbocycles. The van der Waals surface area contributed by atoms with Crippen LogP contribution < -0.4 is 5.56 Å². The third-order valence-electron chi connectivity index (χ3n) is 3.07. The topological polar surface area (TPSA) is 168 Å². The minimum atomic E-state index is -0.889. The average Bonchev–Trinajstić information content (AvgIpc) is 2.87. The Kier molecular flexibility index (Phi) is 5.59. The molecule has 0 spiro atoms. The van der Waals surface area contributed by atoms with E-state index in [1.807, 2.05) is 0 Å². The van der Waals surface area contributed by atoms with Crippen LogP contribution in [0.5, 0.6) is 0 Å². The Balaban J connectivity index is 2.11. The fourth-order valence-electron chi connectivity index (χ4n) is 2.15. The number of aryl methyl sites for hydroxylation is 2. The highest BCUT2D eigenvalue weighted by Crippen LogP contribution is 2.14. The van der Waals surface area contributed by atoms with Crippen molar-refractivity contribution in [1.82, 2.24) is 19.7 Å². The van der Waals surface area contributed by atoms with Gasteiger partial charge in [-0.1, -0.05) is 0 Å². The van der Waals surface area contributed by atoms with Crippen LogP contribution in [-0.4, -0.2) is 43.1 Å². The molecule has 0 saturated carbocycles. The van der Waals surface area contributed by atoms with E-state index in [4.69, 9.17) is 0 Å². The van der Waals surface area contributed by atoms with E-state index in [0.29, 0.717) is 24.2 Å². The Labute approximate surface area is 133 Å². The summed E-state index contributed by atoms with van der Waals surface area (Å²) in [6.07, 6.45) is 2.12. The van der Waals surface area contributed by atoms with Crippen molar-refractivity contribution in [2.75, 3.05) is 13.2 Å². The molecule has 130 valence electrons. The Morgan fingerprint density at radius 3 is 2.50 bits per heavy atom. The van der Waals surface area contributed by atoms with E-state index in [1.54, 1.807) is 0 Å². The second-order valence-corrected chi connectivity index (χ2v) is 4.67. The highest BCUT2D eigenvalue weighted by Gasteiger charge is 2.15. The molecule has 13 heteroatoms. The number of rotatable bonds is 10. The second-order valence-electron chi connectivity index (χ2n) is 4.67. The molecule has 0 saturated heterocycles. The van der Waals surface area contributed by atoms with Crippen LogP contribution in [0.4, 0.5) is 0 Å². The summed E-state index contributed by atoms with van der Waals surface area (Å²) in [5, 5.41) is 23.0. The zero-order valence-electron chi connectivity index (χ0n) is 12.4. The first-order chi connectivity index (χ1) is 11.5. The molecule has 0 fully saturated rings. The molecule has 13 nitrogen and oxygen atoms in total. The van der Waals surface area contributed by atoms with Gasteiger partial charge in [0, 0.05) is 6.54 Å². The summed E-state index contributed by atoms with van der Waals surface area (Å²) in [6, 6.07) is 0. The van der Waals surface area contributed by atoms with Crippen LogP contribution in [-0.2, 0) is 22.6 Å². The molecule has 1 N–H and O–H groups in total. The number of aromatic nitrogens is 4. The van der Waals surface area contributed by atoms with Crippen LogP contribution in [0.15, 0.2) is 11.1 Å². The predicted molar refractivity (Wildman–Crippen MR) is 77.0 cm³/mol. The molecule has 0 bridgehead atoms. The number of hydrogen-bond acceptors (Lipinski definition) is 9.